The number of carbonyl (C=O) groups is 1. The molecule has 0 spiro atoms. The van der Waals surface area contributed by atoms with E-state index in [0.29, 0.717) is 6.54 Å². The van der Waals surface area contributed by atoms with Crippen molar-refractivity contribution >= 4 is 23.3 Å². The Bertz CT molecular complexity index is 520. The van der Waals surface area contributed by atoms with Crippen LogP contribution in [0.1, 0.15) is 27.3 Å². The Hall–Kier alpha value is -1.89. The van der Waals surface area contributed by atoms with Crippen molar-refractivity contribution in [3.63, 3.8) is 0 Å². The van der Waals surface area contributed by atoms with Gasteiger partial charge in [0.15, 0.2) is 5.69 Å². The highest BCUT2D eigenvalue weighted by molar-refractivity contribution is 7.11. The predicted octanol–water partition coefficient (Wildman–Crippen LogP) is 2.00. The number of rotatable bonds is 5. The van der Waals surface area contributed by atoms with E-state index in [1.54, 1.807) is 11.3 Å². The molecule has 0 aliphatic heterocycles. The summed E-state index contributed by atoms with van der Waals surface area (Å²) in [6, 6.07) is 0.190. The fourth-order valence-electron chi connectivity index (χ4n) is 1.20. The molecule has 0 fully saturated rings. The zero-order chi connectivity index (χ0) is 12.3. The smallest absolute Gasteiger partial charge is 0.357 e. The second-order valence-electron chi connectivity index (χ2n) is 3.27. The van der Waals surface area contributed by atoms with E-state index in [-0.39, 0.29) is 11.7 Å². The Morgan fingerprint density at radius 3 is 3.06 bits per heavy atom. The van der Waals surface area contributed by atoms with Crippen LogP contribution >= 0.6 is 11.3 Å². The van der Waals surface area contributed by atoms with E-state index in [4.69, 9.17) is 9.52 Å². The van der Waals surface area contributed by atoms with Gasteiger partial charge in [-0.1, -0.05) is 6.92 Å². The Morgan fingerprint density at radius 1 is 1.65 bits per heavy atom. The van der Waals surface area contributed by atoms with Crippen LogP contribution in [0.5, 0.6) is 0 Å². The number of carboxylic acids is 1. The summed E-state index contributed by atoms with van der Waals surface area (Å²) in [5, 5.41) is 12.5. The van der Waals surface area contributed by atoms with Gasteiger partial charge in [-0.2, -0.15) is 4.98 Å². The lowest BCUT2D eigenvalue weighted by Crippen LogP contribution is -2.00. The third kappa shape index (κ3) is 2.82. The van der Waals surface area contributed by atoms with Gasteiger partial charge in [0.2, 0.25) is 0 Å². The van der Waals surface area contributed by atoms with Crippen molar-refractivity contribution in [1.29, 1.82) is 0 Å². The van der Waals surface area contributed by atoms with Gasteiger partial charge in [0.05, 0.1) is 6.54 Å². The number of aryl methyl sites for hydroxylation is 1. The van der Waals surface area contributed by atoms with E-state index in [1.165, 1.54) is 4.88 Å². The van der Waals surface area contributed by atoms with Crippen molar-refractivity contribution in [2.24, 2.45) is 0 Å². The second-order valence-corrected chi connectivity index (χ2v) is 4.47. The molecule has 0 radical (unpaired) electrons. The number of nitrogens with zero attached hydrogens (tertiary/aromatic N) is 2. The maximum absolute atomic E-state index is 10.6. The maximum atomic E-state index is 10.6. The summed E-state index contributed by atoms with van der Waals surface area (Å²) in [6.07, 6.45) is 3.89. The number of oxazole rings is 1. The minimum Gasteiger partial charge on any atom is -0.476 e. The first-order valence-corrected chi connectivity index (χ1v) is 5.87. The molecule has 7 heteroatoms. The van der Waals surface area contributed by atoms with Crippen molar-refractivity contribution in [2.45, 2.75) is 19.9 Å². The summed E-state index contributed by atoms with van der Waals surface area (Å²) in [7, 11) is 0. The van der Waals surface area contributed by atoms with Gasteiger partial charge in [0.25, 0.3) is 6.01 Å². The van der Waals surface area contributed by atoms with Crippen molar-refractivity contribution in [3.05, 3.63) is 28.0 Å². The highest BCUT2D eigenvalue weighted by atomic mass is 32.1. The molecule has 2 aromatic heterocycles. The first-order chi connectivity index (χ1) is 8.19. The molecular weight excluding hydrogens is 242 g/mol. The number of aromatic carboxylic acids is 1. The summed E-state index contributed by atoms with van der Waals surface area (Å²) < 4.78 is 4.95. The lowest BCUT2D eigenvalue weighted by molar-refractivity contribution is 0.0690. The summed E-state index contributed by atoms with van der Waals surface area (Å²) in [5.41, 5.74) is -0.110. The molecule has 2 aromatic rings. The lowest BCUT2D eigenvalue weighted by atomic mass is 10.4. The molecule has 0 saturated heterocycles. The normalized spacial score (nSPS) is 10.4. The van der Waals surface area contributed by atoms with Gasteiger partial charge in [0, 0.05) is 11.1 Å². The average Bonchev–Trinajstić information content (AvgIpc) is 2.95. The van der Waals surface area contributed by atoms with E-state index < -0.39 is 5.97 Å². The quantitative estimate of drug-likeness (QED) is 0.847. The molecule has 2 rings (SSSR count). The minimum absolute atomic E-state index is 0.110. The predicted molar refractivity (Wildman–Crippen MR) is 62.3 cm³/mol. The molecule has 0 amide bonds. The van der Waals surface area contributed by atoms with Gasteiger partial charge in [-0.05, 0) is 6.42 Å². The van der Waals surface area contributed by atoms with E-state index in [2.05, 4.69) is 22.2 Å². The van der Waals surface area contributed by atoms with Crippen LogP contribution in [0.4, 0.5) is 6.01 Å². The molecule has 0 aliphatic rings. The van der Waals surface area contributed by atoms with Crippen molar-refractivity contribution in [2.75, 3.05) is 5.32 Å². The second kappa shape index (κ2) is 4.96. The van der Waals surface area contributed by atoms with Gasteiger partial charge in [0.1, 0.15) is 11.3 Å². The Labute approximate surface area is 101 Å². The molecule has 6 nitrogen and oxygen atoms in total. The zero-order valence-electron chi connectivity index (χ0n) is 9.14. The molecule has 0 unspecified atom stereocenters. The largest absolute Gasteiger partial charge is 0.476 e. The molecule has 90 valence electrons. The number of hydrogen-bond acceptors (Lipinski definition) is 6. The minimum atomic E-state index is -1.11. The van der Waals surface area contributed by atoms with Gasteiger partial charge in [-0.25, -0.2) is 9.78 Å². The van der Waals surface area contributed by atoms with Crippen molar-refractivity contribution in [1.82, 2.24) is 9.97 Å². The third-order valence-electron chi connectivity index (χ3n) is 2.06. The van der Waals surface area contributed by atoms with Crippen LogP contribution in [0.2, 0.25) is 0 Å². The van der Waals surface area contributed by atoms with Gasteiger partial charge in [-0.15, -0.1) is 11.3 Å². The SMILES string of the molecule is CCc1cnc(CNc2nc(C(=O)O)co2)s1. The number of thiazole rings is 1. The molecule has 17 heavy (non-hydrogen) atoms. The van der Waals surface area contributed by atoms with Crippen LogP contribution in [0.15, 0.2) is 16.9 Å². The Morgan fingerprint density at radius 2 is 2.47 bits per heavy atom. The Balaban J connectivity index is 1.94. The van der Waals surface area contributed by atoms with E-state index in [0.717, 1.165) is 17.7 Å². The van der Waals surface area contributed by atoms with Crippen LogP contribution < -0.4 is 5.32 Å². The van der Waals surface area contributed by atoms with Crippen molar-refractivity contribution < 1.29 is 14.3 Å². The summed E-state index contributed by atoms with van der Waals surface area (Å²) in [4.78, 5) is 19.7. The standard InChI is InChI=1S/C10H11N3O3S/c1-2-6-3-11-8(17-6)4-12-10-13-7(5-16-10)9(14)15/h3,5H,2,4H2,1H3,(H,12,13)(H,14,15). The number of aromatic nitrogens is 2. The van der Waals surface area contributed by atoms with Crippen LogP contribution in [0, 0.1) is 0 Å². The van der Waals surface area contributed by atoms with Crippen LogP contribution in [0.25, 0.3) is 0 Å². The number of nitrogens with one attached hydrogen (secondary N) is 1. The molecule has 0 saturated carbocycles. The first kappa shape index (κ1) is 11.6. The fourth-order valence-corrected chi connectivity index (χ4v) is 2.00. The monoisotopic (exact) mass is 253 g/mol. The molecule has 0 atom stereocenters. The molecule has 2 heterocycles. The number of carboxylic acid groups (broad SMARTS) is 1. The Kier molecular flexibility index (Phi) is 3.38. The van der Waals surface area contributed by atoms with Gasteiger partial charge < -0.3 is 14.8 Å². The molecule has 0 aliphatic carbocycles. The molecule has 0 aromatic carbocycles. The number of hydrogen-bond donors (Lipinski definition) is 2. The van der Waals surface area contributed by atoms with E-state index in [9.17, 15) is 4.79 Å². The fraction of sp³-hybridized carbons (Fsp3) is 0.300. The van der Waals surface area contributed by atoms with E-state index in [1.807, 2.05) is 6.20 Å². The maximum Gasteiger partial charge on any atom is 0.357 e. The van der Waals surface area contributed by atoms with Crippen molar-refractivity contribution in [3.8, 4) is 0 Å². The van der Waals surface area contributed by atoms with Crippen LogP contribution in [-0.4, -0.2) is 21.0 Å². The lowest BCUT2D eigenvalue weighted by Gasteiger charge is -1.96. The zero-order valence-corrected chi connectivity index (χ0v) is 9.95. The third-order valence-corrected chi connectivity index (χ3v) is 3.21. The van der Waals surface area contributed by atoms with Gasteiger partial charge in [-0.3, -0.25) is 0 Å². The average molecular weight is 253 g/mol. The molecule has 2 N–H and O–H groups in total. The summed E-state index contributed by atoms with van der Waals surface area (Å²) >= 11 is 1.61. The topological polar surface area (TPSA) is 88.2 Å². The summed E-state index contributed by atoms with van der Waals surface area (Å²) in [5.74, 6) is -1.11. The van der Waals surface area contributed by atoms with Crippen LogP contribution in [0.3, 0.4) is 0 Å². The highest BCUT2D eigenvalue weighted by Gasteiger charge is 2.10. The number of anilines is 1. The first-order valence-electron chi connectivity index (χ1n) is 5.05. The summed E-state index contributed by atoms with van der Waals surface area (Å²) in [6.45, 7) is 2.54. The van der Waals surface area contributed by atoms with Crippen LogP contribution in [-0.2, 0) is 13.0 Å². The van der Waals surface area contributed by atoms with Gasteiger partial charge >= 0.3 is 5.97 Å². The molecule has 0 bridgehead atoms. The highest BCUT2D eigenvalue weighted by Crippen LogP contribution is 2.15. The molecular formula is C10H11N3O3S. The van der Waals surface area contributed by atoms with E-state index >= 15 is 0 Å².